The van der Waals surface area contributed by atoms with Crippen LogP contribution in [0, 0.1) is 5.92 Å². The lowest BCUT2D eigenvalue weighted by Gasteiger charge is -2.12. The molecule has 0 saturated heterocycles. The number of hydrogen-bond donors (Lipinski definition) is 2. The van der Waals surface area contributed by atoms with E-state index in [0.717, 1.165) is 37.9 Å². The summed E-state index contributed by atoms with van der Waals surface area (Å²) in [6.07, 6.45) is 2.86. The summed E-state index contributed by atoms with van der Waals surface area (Å²) >= 11 is 12.0. The van der Waals surface area contributed by atoms with E-state index >= 15 is 0 Å². The molecule has 0 aliphatic heterocycles. The number of rotatable bonds is 4. The van der Waals surface area contributed by atoms with Crippen LogP contribution in [0.1, 0.15) is 24.8 Å². The minimum Gasteiger partial charge on any atom is -0.393 e. The van der Waals surface area contributed by atoms with Crippen molar-refractivity contribution in [2.75, 3.05) is 6.54 Å². The largest absolute Gasteiger partial charge is 0.393 e. The zero-order valence-corrected chi connectivity index (χ0v) is 11.1. The van der Waals surface area contributed by atoms with Crippen LogP contribution in [0.25, 0.3) is 0 Å². The fraction of sp³-hybridized carbons (Fsp3) is 0.538. The minimum atomic E-state index is -0.100. The molecule has 2 N–H and O–H groups in total. The van der Waals surface area contributed by atoms with Crippen molar-refractivity contribution < 1.29 is 5.11 Å². The second-order valence-electron chi connectivity index (χ2n) is 4.68. The maximum absolute atomic E-state index is 9.43. The Morgan fingerprint density at radius 2 is 2.12 bits per heavy atom. The zero-order valence-electron chi connectivity index (χ0n) is 9.63. The third-order valence-electron chi connectivity index (χ3n) is 3.29. The first kappa shape index (κ1) is 13.2. The van der Waals surface area contributed by atoms with E-state index in [1.54, 1.807) is 6.07 Å². The van der Waals surface area contributed by atoms with Gasteiger partial charge in [0.25, 0.3) is 0 Å². The molecule has 0 radical (unpaired) electrons. The number of nitrogens with one attached hydrogen (secondary N) is 1. The molecule has 94 valence electrons. The van der Waals surface area contributed by atoms with E-state index in [4.69, 9.17) is 23.2 Å². The minimum absolute atomic E-state index is 0.100. The Balaban J connectivity index is 1.80. The Kier molecular flexibility index (Phi) is 4.69. The van der Waals surface area contributed by atoms with E-state index in [1.165, 1.54) is 0 Å². The van der Waals surface area contributed by atoms with Gasteiger partial charge in [0.15, 0.2) is 0 Å². The number of hydrogen-bond acceptors (Lipinski definition) is 2. The molecule has 0 amide bonds. The van der Waals surface area contributed by atoms with E-state index in [1.807, 2.05) is 12.1 Å². The Morgan fingerprint density at radius 3 is 2.82 bits per heavy atom. The molecule has 1 aliphatic carbocycles. The van der Waals surface area contributed by atoms with Gasteiger partial charge in [-0.25, -0.2) is 0 Å². The van der Waals surface area contributed by atoms with Crippen molar-refractivity contribution in [2.24, 2.45) is 5.92 Å². The van der Waals surface area contributed by atoms with E-state index in [0.29, 0.717) is 16.0 Å². The van der Waals surface area contributed by atoms with Crippen LogP contribution < -0.4 is 5.32 Å². The lowest BCUT2D eigenvalue weighted by atomic mass is 10.1. The first-order valence-electron chi connectivity index (χ1n) is 5.98. The van der Waals surface area contributed by atoms with E-state index in [9.17, 15) is 5.11 Å². The average Bonchev–Trinajstić information content (AvgIpc) is 2.70. The lowest BCUT2D eigenvalue weighted by molar-refractivity contribution is 0.177. The summed E-state index contributed by atoms with van der Waals surface area (Å²) < 4.78 is 0. The van der Waals surface area contributed by atoms with Gasteiger partial charge in [0, 0.05) is 6.54 Å². The van der Waals surface area contributed by atoms with Gasteiger partial charge >= 0.3 is 0 Å². The summed E-state index contributed by atoms with van der Waals surface area (Å²) in [4.78, 5) is 0. The van der Waals surface area contributed by atoms with Crippen molar-refractivity contribution in [3.05, 3.63) is 33.8 Å². The van der Waals surface area contributed by atoms with Crippen LogP contribution in [0.3, 0.4) is 0 Å². The van der Waals surface area contributed by atoms with Crippen molar-refractivity contribution in [2.45, 2.75) is 31.9 Å². The summed E-state index contributed by atoms with van der Waals surface area (Å²) in [6.45, 7) is 1.66. The molecule has 17 heavy (non-hydrogen) atoms. The highest BCUT2D eigenvalue weighted by Crippen LogP contribution is 2.26. The van der Waals surface area contributed by atoms with Crippen molar-refractivity contribution in [1.82, 2.24) is 5.32 Å². The lowest BCUT2D eigenvalue weighted by Crippen LogP contribution is -2.21. The zero-order chi connectivity index (χ0) is 12.3. The summed E-state index contributed by atoms with van der Waals surface area (Å²) in [7, 11) is 0. The van der Waals surface area contributed by atoms with Crippen LogP contribution >= 0.6 is 23.2 Å². The van der Waals surface area contributed by atoms with Crippen molar-refractivity contribution in [3.8, 4) is 0 Å². The van der Waals surface area contributed by atoms with Crippen LogP contribution in [0.15, 0.2) is 18.2 Å². The van der Waals surface area contributed by atoms with Gasteiger partial charge in [-0.2, -0.15) is 0 Å². The molecule has 1 aliphatic rings. The van der Waals surface area contributed by atoms with Gasteiger partial charge in [0.1, 0.15) is 0 Å². The second kappa shape index (κ2) is 6.05. The maximum Gasteiger partial charge on any atom is 0.0637 e. The van der Waals surface area contributed by atoms with Gasteiger partial charge in [0.2, 0.25) is 0 Å². The van der Waals surface area contributed by atoms with Gasteiger partial charge in [-0.05, 0) is 43.4 Å². The molecular weight excluding hydrogens is 257 g/mol. The fourth-order valence-electron chi connectivity index (χ4n) is 2.33. The van der Waals surface area contributed by atoms with E-state index in [-0.39, 0.29) is 6.10 Å². The second-order valence-corrected chi connectivity index (χ2v) is 5.46. The van der Waals surface area contributed by atoms with Gasteiger partial charge < -0.3 is 10.4 Å². The SMILES string of the molecule is OC1CCC(CNCc2cccc(Cl)c2Cl)C1. The van der Waals surface area contributed by atoms with Gasteiger partial charge in [-0.3, -0.25) is 0 Å². The van der Waals surface area contributed by atoms with Crippen molar-refractivity contribution in [3.63, 3.8) is 0 Å². The summed E-state index contributed by atoms with van der Waals surface area (Å²) in [5.74, 6) is 0.586. The number of aliphatic hydroxyl groups is 1. The summed E-state index contributed by atoms with van der Waals surface area (Å²) in [6, 6.07) is 5.68. The monoisotopic (exact) mass is 273 g/mol. The van der Waals surface area contributed by atoms with Crippen LogP contribution in [-0.2, 0) is 6.54 Å². The van der Waals surface area contributed by atoms with Crippen LogP contribution in [-0.4, -0.2) is 17.8 Å². The number of aliphatic hydroxyl groups excluding tert-OH is 1. The number of benzene rings is 1. The highest BCUT2D eigenvalue weighted by molar-refractivity contribution is 6.42. The highest BCUT2D eigenvalue weighted by atomic mass is 35.5. The smallest absolute Gasteiger partial charge is 0.0637 e. The molecule has 2 rings (SSSR count). The molecule has 1 aromatic rings. The molecule has 1 fully saturated rings. The average molecular weight is 274 g/mol. The molecular formula is C13H17Cl2NO. The number of halogens is 2. The third-order valence-corrected chi connectivity index (χ3v) is 4.15. The Morgan fingerprint density at radius 1 is 1.29 bits per heavy atom. The Hall–Kier alpha value is -0.280. The van der Waals surface area contributed by atoms with Gasteiger partial charge in [-0.15, -0.1) is 0 Å². The summed E-state index contributed by atoms with van der Waals surface area (Å²) in [5.41, 5.74) is 1.03. The molecule has 4 heteroatoms. The van der Waals surface area contributed by atoms with Crippen LogP contribution in [0.2, 0.25) is 10.0 Å². The normalized spacial score (nSPS) is 24.2. The topological polar surface area (TPSA) is 32.3 Å². The van der Waals surface area contributed by atoms with Gasteiger partial charge in [-0.1, -0.05) is 35.3 Å². The van der Waals surface area contributed by atoms with Crippen molar-refractivity contribution >= 4 is 23.2 Å². The Labute approximate surface area is 112 Å². The molecule has 2 nitrogen and oxygen atoms in total. The Bertz CT molecular complexity index is 384. The quantitative estimate of drug-likeness (QED) is 0.883. The maximum atomic E-state index is 9.43. The van der Waals surface area contributed by atoms with Crippen LogP contribution in [0.5, 0.6) is 0 Å². The molecule has 2 unspecified atom stereocenters. The molecule has 0 bridgehead atoms. The molecule has 0 aromatic heterocycles. The van der Waals surface area contributed by atoms with Crippen LogP contribution in [0.4, 0.5) is 0 Å². The first-order chi connectivity index (χ1) is 8.16. The third kappa shape index (κ3) is 3.59. The van der Waals surface area contributed by atoms with Gasteiger partial charge in [0.05, 0.1) is 16.1 Å². The summed E-state index contributed by atoms with van der Waals surface area (Å²) in [5, 5.41) is 14.0. The standard InChI is InChI=1S/C13H17Cl2NO/c14-12-3-1-2-10(13(12)15)8-16-7-9-4-5-11(17)6-9/h1-3,9,11,16-17H,4-8H2. The molecule has 0 spiro atoms. The highest BCUT2D eigenvalue weighted by Gasteiger charge is 2.22. The molecule has 2 atom stereocenters. The van der Waals surface area contributed by atoms with Crippen molar-refractivity contribution in [1.29, 1.82) is 0 Å². The van der Waals surface area contributed by atoms with E-state index < -0.39 is 0 Å². The predicted molar refractivity (Wildman–Crippen MR) is 71.5 cm³/mol. The molecule has 0 heterocycles. The fourth-order valence-corrected chi connectivity index (χ4v) is 2.72. The molecule has 1 saturated carbocycles. The first-order valence-corrected chi connectivity index (χ1v) is 6.74. The van der Waals surface area contributed by atoms with E-state index in [2.05, 4.69) is 5.32 Å². The molecule has 1 aromatic carbocycles. The predicted octanol–water partition coefficient (Wildman–Crippen LogP) is 3.24.